The number of benzene rings is 2. The van der Waals surface area contributed by atoms with Crippen molar-refractivity contribution < 1.29 is 4.39 Å². The van der Waals surface area contributed by atoms with E-state index in [1.807, 2.05) is 19.2 Å². The molecule has 1 aliphatic heterocycles. The Bertz CT molecular complexity index is 1030. The van der Waals surface area contributed by atoms with Gasteiger partial charge in [-0.3, -0.25) is 0 Å². The minimum Gasteiger partial charge on any atom is -0.380 e. The van der Waals surface area contributed by atoms with Crippen LogP contribution in [0.25, 0.3) is 22.0 Å². The monoisotopic (exact) mass is 370 g/mol. The standard InChI is InChI=1S/C22H24ClFN2/c1-11-8-15(14-6-7-16(24)17-13(3)10-25-21(14)17)19(23)18-12(2)9-22(4,5)26-20(11)18/h6-8,10,12,25-26H,9H2,1-5H3. The van der Waals surface area contributed by atoms with Crippen LogP contribution in [-0.4, -0.2) is 10.5 Å². The highest BCUT2D eigenvalue weighted by molar-refractivity contribution is 6.35. The fourth-order valence-corrected chi connectivity index (χ4v) is 4.93. The van der Waals surface area contributed by atoms with Gasteiger partial charge in [-0.05, 0) is 74.9 Å². The third-order valence-electron chi connectivity index (χ3n) is 5.54. The SMILES string of the molecule is Cc1cc(-c2ccc(F)c3c(C)c[nH]c23)c(Cl)c2c1NC(C)(C)CC2C. The van der Waals surface area contributed by atoms with E-state index in [0.29, 0.717) is 11.3 Å². The van der Waals surface area contributed by atoms with Crippen molar-refractivity contribution in [3.05, 3.63) is 51.9 Å². The van der Waals surface area contributed by atoms with Crippen LogP contribution in [0.4, 0.5) is 10.1 Å². The number of aryl methyl sites for hydroxylation is 2. The first-order chi connectivity index (χ1) is 12.2. The molecule has 0 amide bonds. The van der Waals surface area contributed by atoms with Gasteiger partial charge < -0.3 is 10.3 Å². The summed E-state index contributed by atoms with van der Waals surface area (Å²) in [5, 5.41) is 5.06. The lowest BCUT2D eigenvalue weighted by Gasteiger charge is -2.39. The predicted octanol–water partition coefficient (Wildman–Crippen LogP) is 6.94. The molecule has 0 saturated heterocycles. The summed E-state index contributed by atoms with van der Waals surface area (Å²) in [5.41, 5.74) is 7.14. The van der Waals surface area contributed by atoms with Crippen LogP contribution in [-0.2, 0) is 0 Å². The summed E-state index contributed by atoms with van der Waals surface area (Å²) in [6, 6.07) is 5.48. The molecule has 136 valence electrons. The van der Waals surface area contributed by atoms with Crippen LogP contribution in [0.3, 0.4) is 0 Å². The zero-order chi connectivity index (χ0) is 18.8. The number of hydrogen-bond donors (Lipinski definition) is 2. The molecule has 0 fully saturated rings. The van der Waals surface area contributed by atoms with Gasteiger partial charge in [-0.15, -0.1) is 0 Å². The van der Waals surface area contributed by atoms with E-state index in [1.165, 1.54) is 17.2 Å². The van der Waals surface area contributed by atoms with E-state index in [0.717, 1.165) is 39.3 Å². The van der Waals surface area contributed by atoms with Gasteiger partial charge in [-0.1, -0.05) is 18.5 Å². The molecule has 1 aliphatic rings. The second-order valence-corrected chi connectivity index (χ2v) is 8.65. The largest absolute Gasteiger partial charge is 0.380 e. The number of hydrogen-bond acceptors (Lipinski definition) is 1. The van der Waals surface area contributed by atoms with Gasteiger partial charge in [0.05, 0.1) is 10.5 Å². The Labute approximate surface area is 158 Å². The Morgan fingerprint density at radius 3 is 2.62 bits per heavy atom. The second-order valence-electron chi connectivity index (χ2n) is 8.27. The lowest BCUT2D eigenvalue weighted by molar-refractivity contribution is 0.454. The Kier molecular flexibility index (Phi) is 3.85. The molecule has 0 aliphatic carbocycles. The van der Waals surface area contributed by atoms with Crippen molar-refractivity contribution in [2.45, 2.75) is 52.5 Å². The van der Waals surface area contributed by atoms with Crippen LogP contribution in [0.2, 0.25) is 5.02 Å². The molecule has 0 saturated carbocycles. The maximum absolute atomic E-state index is 14.3. The minimum absolute atomic E-state index is 0.0434. The zero-order valence-corrected chi connectivity index (χ0v) is 16.6. The van der Waals surface area contributed by atoms with E-state index >= 15 is 0 Å². The predicted molar refractivity (Wildman–Crippen MR) is 109 cm³/mol. The van der Waals surface area contributed by atoms with E-state index in [2.05, 4.69) is 44.1 Å². The van der Waals surface area contributed by atoms with Gasteiger partial charge in [0, 0.05) is 33.9 Å². The highest BCUT2D eigenvalue weighted by Crippen LogP contribution is 2.48. The van der Waals surface area contributed by atoms with Gasteiger partial charge in [-0.25, -0.2) is 4.39 Å². The molecule has 26 heavy (non-hydrogen) atoms. The minimum atomic E-state index is -0.204. The third-order valence-corrected chi connectivity index (χ3v) is 5.95. The van der Waals surface area contributed by atoms with E-state index < -0.39 is 0 Å². The maximum atomic E-state index is 14.3. The van der Waals surface area contributed by atoms with Crippen LogP contribution >= 0.6 is 11.6 Å². The summed E-state index contributed by atoms with van der Waals surface area (Å²) in [4.78, 5) is 3.23. The molecule has 1 unspecified atom stereocenters. The van der Waals surface area contributed by atoms with Crippen molar-refractivity contribution in [3.8, 4) is 11.1 Å². The first-order valence-electron chi connectivity index (χ1n) is 9.07. The van der Waals surface area contributed by atoms with Gasteiger partial charge in [-0.2, -0.15) is 0 Å². The molecule has 2 nitrogen and oxygen atoms in total. The number of rotatable bonds is 1. The first kappa shape index (κ1) is 17.4. The number of anilines is 1. The van der Waals surface area contributed by atoms with Crippen molar-refractivity contribution in [2.75, 3.05) is 5.32 Å². The molecule has 1 aromatic heterocycles. The number of halogens is 2. The van der Waals surface area contributed by atoms with Crippen LogP contribution in [0, 0.1) is 19.7 Å². The fourth-order valence-electron chi connectivity index (χ4n) is 4.49. The maximum Gasteiger partial charge on any atom is 0.132 e. The van der Waals surface area contributed by atoms with E-state index in [1.54, 1.807) is 0 Å². The van der Waals surface area contributed by atoms with Crippen molar-refractivity contribution in [1.82, 2.24) is 4.98 Å². The summed E-state index contributed by atoms with van der Waals surface area (Å²) in [7, 11) is 0. The number of nitrogens with one attached hydrogen (secondary N) is 2. The first-order valence-corrected chi connectivity index (χ1v) is 9.45. The van der Waals surface area contributed by atoms with Crippen molar-refractivity contribution >= 4 is 28.2 Å². The number of aromatic amines is 1. The highest BCUT2D eigenvalue weighted by atomic mass is 35.5. The lowest BCUT2D eigenvalue weighted by atomic mass is 9.79. The Hall–Kier alpha value is -2.00. The molecule has 2 N–H and O–H groups in total. The Morgan fingerprint density at radius 1 is 1.15 bits per heavy atom. The quantitative estimate of drug-likeness (QED) is 0.477. The van der Waals surface area contributed by atoms with Gasteiger partial charge in [0.15, 0.2) is 0 Å². The van der Waals surface area contributed by atoms with Gasteiger partial charge in [0.2, 0.25) is 0 Å². The molecule has 1 atom stereocenters. The highest BCUT2D eigenvalue weighted by Gasteiger charge is 2.33. The normalized spacial score (nSPS) is 18.7. The number of aromatic nitrogens is 1. The van der Waals surface area contributed by atoms with Crippen molar-refractivity contribution in [3.63, 3.8) is 0 Å². The van der Waals surface area contributed by atoms with Gasteiger partial charge >= 0.3 is 0 Å². The van der Waals surface area contributed by atoms with Crippen LogP contribution in [0.5, 0.6) is 0 Å². The fraction of sp³-hybridized carbons (Fsp3) is 0.364. The molecule has 0 bridgehead atoms. The number of H-pyrrole nitrogens is 1. The smallest absolute Gasteiger partial charge is 0.132 e. The van der Waals surface area contributed by atoms with E-state index in [9.17, 15) is 4.39 Å². The molecule has 2 heterocycles. The molecule has 3 aromatic rings. The lowest BCUT2D eigenvalue weighted by Crippen LogP contribution is -2.37. The number of fused-ring (bicyclic) bond motifs is 2. The van der Waals surface area contributed by atoms with Gasteiger partial charge in [0.1, 0.15) is 5.82 Å². The average molecular weight is 371 g/mol. The van der Waals surface area contributed by atoms with Crippen molar-refractivity contribution in [1.29, 1.82) is 0 Å². The Morgan fingerprint density at radius 2 is 1.88 bits per heavy atom. The summed E-state index contributed by atoms with van der Waals surface area (Å²) >= 11 is 6.92. The summed E-state index contributed by atoms with van der Waals surface area (Å²) in [5.74, 6) is 0.152. The van der Waals surface area contributed by atoms with Crippen LogP contribution in [0.1, 0.15) is 49.8 Å². The van der Waals surface area contributed by atoms with Crippen LogP contribution < -0.4 is 5.32 Å². The topological polar surface area (TPSA) is 27.8 Å². The summed E-state index contributed by atoms with van der Waals surface area (Å²) < 4.78 is 14.3. The molecular weight excluding hydrogens is 347 g/mol. The summed E-state index contributed by atoms with van der Waals surface area (Å²) in [6.07, 6.45) is 2.87. The van der Waals surface area contributed by atoms with Crippen LogP contribution in [0.15, 0.2) is 24.4 Å². The molecule has 0 radical (unpaired) electrons. The van der Waals surface area contributed by atoms with Gasteiger partial charge in [0.25, 0.3) is 0 Å². The molecule has 2 aromatic carbocycles. The molecule has 0 spiro atoms. The molecule has 4 rings (SSSR count). The van der Waals surface area contributed by atoms with E-state index in [-0.39, 0.29) is 11.4 Å². The zero-order valence-electron chi connectivity index (χ0n) is 15.8. The molecular formula is C22H24ClFN2. The van der Waals surface area contributed by atoms with E-state index in [4.69, 9.17) is 11.6 Å². The second kappa shape index (κ2) is 5.75. The Balaban J connectivity index is 2.00. The van der Waals surface area contributed by atoms with Crippen molar-refractivity contribution in [2.24, 2.45) is 0 Å². The average Bonchev–Trinajstić information content (AvgIpc) is 2.93. The summed E-state index contributed by atoms with van der Waals surface area (Å²) in [6.45, 7) is 10.7. The third kappa shape index (κ3) is 2.52. The molecule has 4 heteroatoms.